The fourth-order valence-corrected chi connectivity index (χ4v) is 4.70. The summed E-state index contributed by atoms with van der Waals surface area (Å²) in [4.78, 5) is 0.189. The Morgan fingerprint density at radius 2 is 2.19 bits per heavy atom. The maximum atomic E-state index is 12.7. The lowest BCUT2D eigenvalue weighted by molar-refractivity contribution is 0.381. The molecule has 0 aliphatic heterocycles. The minimum atomic E-state index is -3.55. The molecule has 0 amide bonds. The molecule has 0 saturated carbocycles. The molecule has 21 heavy (non-hydrogen) atoms. The number of nitrogens with one attached hydrogen (secondary N) is 1. The summed E-state index contributed by atoms with van der Waals surface area (Å²) in [6, 6.07) is 1.53. The highest BCUT2D eigenvalue weighted by molar-refractivity contribution is 9.10. The van der Waals surface area contributed by atoms with E-state index in [1.165, 1.54) is 4.31 Å². The van der Waals surface area contributed by atoms with E-state index >= 15 is 0 Å². The van der Waals surface area contributed by atoms with Crippen molar-refractivity contribution in [1.29, 1.82) is 0 Å². The number of sulfonamides is 1. The van der Waals surface area contributed by atoms with Crippen LogP contribution >= 0.6 is 27.7 Å². The van der Waals surface area contributed by atoms with E-state index in [-0.39, 0.29) is 15.6 Å². The summed E-state index contributed by atoms with van der Waals surface area (Å²) in [6.07, 6.45) is 2.83. The normalized spacial score (nSPS) is 13.8. The molecular weight excluding hydrogens is 376 g/mol. The Labute approximate surface area is 140 Å². The molecule has 1 aromatic rings. The third kappa shape index (κ3) is 4.99. The van der Waals surface area contributed by atoms with Crippen LogP contribution in [-0.4, -0.2) is 44.4 Å². The molecule has 1 atom stereocenters. The first kappa shape index (κ1) is 19.0. The van der Waals surface area contributed by atoms with Crippen LogP contribution in [0.4, 0.5) is 0 Å². The van der Waals surface area contributed by atoms with Crippen LogP contribution in [-0.2, 0) is 16.6 Å². The zero-order valence-corrected chi connectivity index (χ0v) is 16.1. The largest absolute Gasteiger partial charge is 0.452 e. The van der Waals surface area contributed by atoms with Gasteiger partial charge in [0, 0.05) is 19.2 Å². The monoisotopic (exact) mass is 398 g/mol. The molecule has 1 heterocycles. The molecule has 0 aromatic carbocycles. The first-order valence-electron chi connectivity index (χ1n) is 6.80. The van der Waals surface area contributed by atoms with Crippen LogP contribution in [0.3, 0.4) is 0 Å². The van der Waals surface area contributed by atoms with Gasteiger partial charge in [0.1, 0.15) is 10.7 Å². The summed E-state index contributed by atoms with van der Waals surface area (Å²) in [5.41, 5.74) is 0. The minimum absolute atomic E-state index is 0.0542. The van der Waals surface area contributed by atoms with Gasteiger partial charge in [-0.3, -0.25) is 0 Å². The van der Waals surface area contributed by atoms with Crippen LogP contribution in [0.15, 0.2) is 20.0 Å². The van der Waals surface area contributed by atoms with Crippen molar-refractivity contribution in [2.45, 2.75) is 37.8 Å². The Kier molecular flexibility index (Phi) is 7.77. The Morgan fingerprint density at radius 3 is 2.76 bits per heavy atom. The van der Waals surface area contributed by atoms with E-state index in [1.54, 1.807) is 24.9 Å². The Balaban J connectivity index is 2.93. The summed E-state index contributed by atoms with van der Waals surface area (Å²) in [5.74, 6) is 1.53. The number of hydrogen-bond donors (Lipinski definition) is 1. The van der Waals surface area contributed by atoms with Crippen molar-refractivity contribution in [1.82, 2.24) is 9.62 Å². The van der Waals surface area contributed by atoms with Gasteiger partial charge in [0.2, 0.25) is 10.0 Å². The second kappa shape index (κ2) is 8.57. The fourth-order valence-electron chi connectivity index (χ4n) is 1.77. The molecule has 0 saturated heterocycles. The Morgan fingerprint density at radius 1 is 1.52 bits per heavy atom. The van der Waals surface area contributed by atoms with Gasteiger partial charge < -0.3 is 9.73 Å². The van der Waals surface area contributed by atoms with Gasteiger partial charge in [-0.2, -0.15) is 16.1 Å². The SMILES string of the molecule is CCNCc1cc(S(=O)(=O)N(C)C(C)CCSC)c(Br)o1. The van der Waals surface area contributed by atoms with Gasteiger partial charge in [0.15, 0.2) is 4.67 Å². The van der Waals surface area contributed by atoms with Crippen molar-refractivity contribution in [2.75, 3.05) is 25.6 Å². The lowest BCUT2D eigenvalue weighted by Gasteiger charge is -2.23. The fraction of sp³-hybridized carbons (Fsp3) is 0.692. The van der Waals surface area contributed by atoms with E-state index in [0.717, 1.165) is 18.7 Å². The van der Waals surface area contributed by atoms with Gasteiger partial charge in [-0.05, 0) is 47.8 Å². The van der Waals surface area contributed by atoms with E-state index in [4.69, 9.17) is 4.42 Å². The predicted molar refractivity (Wildman–Crippen MR) is 91.2 cm³/mol. The van der Waals surface area contributed by atoms with Crippen LogP contribution in [0, 0.1) is 0 Å². The lowest BCUT2D eigenvalue weighted by Crippen LogP contribution is -2.35. The molecule has 0 aliphatic rings. The summed E-state index contributed by atoms with van der Waals surface area (Å²) in [5, 5.41) is 3.11. The smallest absolute Gasteiger partial charge is 0.247 e. The quantitative estimate of drug-likeness (QED) is 0.692. The standard InChI is InChI=1S/C13H23BrN2O3S2/c1-5-15-9-11-8-12(13(14)19-11)21(17,18)16(3)10(2)6-7-20-4/h8,10,15H,5-7,9H2,1-4H3. The van der Waals surface area contributed by atoms with Gasteiger partial charge in [-0.25, -0.2) is 8.42 Å². The van der Waals surface area contributed by atoms with Crippen molar-refractivity contribution in [3.63, 3.8) is 0 Å². The van der Waals surface area contributed by atoms with E-state index in [0.29, 0.717) is 12.3 Å². The molecule has 0 aliphatic carbocycles. The molecule has 1 rings (SSSR count). The van der Waals surface area contributed by atoms with E-state index < -0.39 is 10.0 Å². The number of halogens is 1. The highest BCUT2D eigenvalue weighted by Gasteiger charge is 2.29. The highest BCUT2D eigenvalue weighted by Crippen LogP contribution is 2.29. The van der Waals surface area contributed by atoms with Gasteiger partial charge in [-0.1, -0.05) is 6.92 Å². The van der Waals surface area contributed by atoms with Crippen LogP contribution in [0.5, 0.6) is 0 Å². The summed E-state index contributed by atoms with van der Waals surface area (Å²) in [7, 11) is -1.93. The van der Waals surface area contributed by atoms with Crippen molar-refractivity contribution in [2.24, 2.45) is 0 Å². The van der Waals surface area contributed by atoms with Crippen LogP contribution in [0.25, 0.3) is 0 Å². The molecular formula is C13H23BrN2O3S2. The van der Waals surface area contributed by atoms with E-state index in [9.17, 15) is 8.42 Å². The molecule has 0 radical (unpaired) electrons. The molecule has 1 N–H and O–H groups in total. The predicted octanol–water partition coefficient (Wildman–Crippen LogP) is 2.91. The number of rotatable bonds is 9. The van der Waals surface area contributed by atoms with Crippen molar-refractivity contribution in [3.8, 4) is 0 Å². The van der Waals surface area contributed by atoms with E-state index in [1.807, 2.05) is 20.1 Å². The second-order valence-corrected chi connectivity index (χ2v) is 8.45. The minimum Gasteiger partial charge on any atom is -0.452 e. The molecule has 1 unspecified atom stereocenters. The van der Waals surface area contributed by atoms with E-state index in [2.05, 4.69) is 21.2 Å². The molecule has 0 bridgehead atoms. The first-order chi connectivity index (χ1) is 9.84. The van der Waals surface area contributed by atoms with Crippen molar-refractivity contribution < 1.29 is 12.8 Å². The van der Waals surface area contributed by atoms with Gasteiger partial charge in [0.05, 0.1) is 6.54 Å². The molecule has 0 spiro atoms. The number of furan rings is 1. The third-order valence-corrected chi connectivity index (χ3v) is 6.75. The molecule has 8 heteroatoms. The molecule has 0 fully saturated rings. The number of thioether (sulfide) groups is 1. The zero-order chi connectivity index (χ0) is 16.0. The van der Waals surface area contributed by atoms with Gasteiger partial charge in [0.25, 0.3) is 0 Å². The van der Waals surface area contributed by atoms with Crippen molar-refractivity contribution in [3.05, 3.63) is 16.5 Å². The third-order valence-electron chi connectivity index (χ3n) is 3.27. The van der Waals surface area contributed by atoms with Gasteiger partial charge in [-0.15, -0.1) is 0 Å². The maximum Gasteiger partial charge on any atom is 0.247 e. The molecule has 1 aromatic heterocycles. The first-order valence-corrected chi connectivity index (χ1v) is 10.4. The van der Waals surface area contributed by atoms with Crippen LogP contribution < -0.4 is 5.32 Å². The maximum absolute atomic E-state index is 12.7. The summed E-state index contributed by atoms with van der Waals surface area (Å²) < 4.78 is 32.4. The topological polar surface area (TPSA) is 62.6 Å². The Bertz CT molecular complexity index is 546. The number of nitrogens with zero attached hydrogens (tertiary/aromatic N) is 1. The highest BCUT2D eigenvalue weighted by atomic mass is 79.9. The second-order valence-electron chi connectivity index (χ2n) is 4.78. The van der Waals surface area contributed by atoms with Gasteiger partial charge >= 0.3 is 0 Å². The Hall–Kier alpha value is -0.0200. The average molecular weight is 399 g/mol. The lowest BCUT2D eigenvalue weighted by atomic mass is 10.3. The van der Waals surface area contributed by atoms with Crippen LogP contribution in [0.1, 0.15) is 26.0 Å². The summed E-state index contributed by atoms with van der Waals surface area (Å²) in [6.45, 7) is 5.21. The molecule has 122 valence electrons. The van der Waals surface area contributed by atoms with Crippen molar-refractivity contribution >= 4 is 37.7 Å². The van der Waals surface area contributed by atoms with Crippen LogP contribution in [0.2, 0.25) is 0 Å². The summed E-state index contributed by atoms with van der Waals surface area (Å²) >= 11 is 4.92. The molecule has 5 nitrogen and oxygen atoms in total. The average Bonchev–Trinajstić information content (AvgIpc) is 2.83. The number of hydrogen-bond acceptors (Lipinski definition) is 5. The zero-order valence-electron chi connectivity index (χ0n) is 12.8.